The van der Waals surface area contributed by atoms with E-state index >= 15 is 0 Å². The van der Waals surface area contributed by atoms with Gasteiger partial charge in [-0.3, -0.25) is 3.83 Å². The number of hydrogen-bond donors (Lipinski definition) is 5. The Morgan fingerprint density at radius 3 is 2.65 bits per heavy atom. The first kappa shape index (κ1) is 17.1. The molecule has 9 heteroatoms. The maximum atomic E-state index is 11.1. The maximum Gasteiger partial charge on any atom is 0.200 e. The zero-order valence-electron chi connectivity index (χ0n) is 11.6. The van der Waals surface area contributed by atoms with E-state index in [1.807, 2.05) is 0 Å². The summed E-state index contributed by atoms with van der Waals surface area (Å²) in [4.78, 5) is 2.96. The van der Waals surface area contributed by atoms with Crippen molar-refractivity contribution in [1.29, 1.82) is 0 Å². The minimum absolute atomic E-state index is 0.244. The Labute approximate surface area is 144 Å². The van der Waals surface area contributed by atoms with E-state index in [0.717, 1.165) is 0 Å². The Balaban J connectivity index is 2.15. The van der Waals surface area contributed by atoms with Crippen LogP contribution in [0.3, 0.4) is 0 Å². The van der Waals surface area contributed by atoms with Crippen LogP contribution in [-0.4, -0.2) is 55.6 Å². The summed E-state index contributed by atoms with van der Waals surface area (Å²) in [7, 11) is 0. The average Bonchev–Trinajstić information content (AvgIpc) is 2.97. The molecule has 0 spiro atoms. The van der Waals surface area contributed by atoms with Crippen molar-refractivity contribution >= 4 is 38.8 Å². The van der Waals surface area contributed by atoms with E-state index in [4.69, 9.17) is 20.2 Å². The van der Waals surface area contributed by atoms with E-state index < -0.39 is 35.8 Å². The van der Waals surface area contributed by atoms with Gasteiger partial charge in [-0.25, -0.2) is 0 Å². The van der Waals surface area contributed by atoms with Gasteiger partial charge in [-0.2, -0.15) is 0 Å². The number of aromatic amines is 1. The lowest BCUT2D eigenvalue weighted by Crippen LogP contribution is -2.66. The number of benzene rings is 1. The van der Waals surface area contributed by atoms with Gasteiger partial charge in [-0.05, 0) is 6.07 Å². The lowest BCUT2D eigenvalue weighted by Gasteiger charge is -2.47. The number of nitrogens with one attached hydrogen (secondary N) is 1. The average molecular weight is 409 g/mol. The molecule has 3 rings (SSSR count). The summed E-state index contributed by atoms with van der Waals surface area (Å²) in [6.45, 7) is 0. The Morgan fingerprint density at radius 2 is 2.00 bits per heavy atom. The van der Waals surface area contributed by atoms with Crippen molar-refractivity contribution in [2.24, 2.45) is 0 Å². The molecule has 0 bridgehead atoms. The SMILES string of the molecule is OC(Cl)[C@H]1O[C@H](OBr)[C@H](O)[C@](O)(c2c[nH]c3ccccc23)[C@@H]1O. The number of aromatic nitrogens is 1. The summed E-state index contributed by atoms with van der Waals surface area (Å²) in [5.41, 5.74) is -2.83. The molecule has 6 atom stereocenters. The minimum atomic E-state index is -2.17. The Morgan fingerprint density at radius 1 is 1.30 bits per heavy atom. The van der Waals surface area contributed by atoms with Crippen LogP contribution in [-0.2, 0) is 14.2 Å². The van der Waals surface area contributed by atoms with Crippen molar-refractivity contribution in [1.82, 2.24) is 4.98 Å². The van der Waals surface area contributed by atoms with Crippen LogP contribution >= 0.6 is 27.9 Å². The number of halogens is 2. The van der Waals surface area contributed by atoms with Gasteiger partial charge >= 0.3 is 0 Å². The number of fused-ring (bicyclic) bond motifs is 1. The summed E-state index contributed by atoms with van der Waals surface area (Å²) in [5, 5.41) is 42.3. The monoisotopic (exact) mass is 407 g/mol. The zero-order chi connectivity index (χ0) is 16.8. The molecule has 23 heavy (non-hydrogen) atoms. The molecule has 1 aromatic heterocycles. The normalized spacial score (nSPS) is 36.3. The molecule has 0 saturated carbocycles. The molecule has 5 N–H and O–H groups in total. The summed E-state index contributed by atoms with van der Waals surface area (Å²) in [5.74, 6) is 0. The van der Waals surface area contributed by atoms with Crippen LogP contribution in [0.2, 0.25) is 0 Å². The highest BCUT2D eigenvalue weighted by molar-refractivity contribution is 9.06. The van der Waals surface area contributed by atoms with Gasteiger partial charge in [-0.15, -0.1) is 0 Å². The molecule has 2 aromatic rings. The van der Waals surface area contributed by atoms with Crippen molar-refractivity contribution in [3.8, 4) is 0 Å². The summed E-state index contributed by atoms with van der Waals surface area (Å²) in [6.07, 6.45) is -4.58. The molecule has 1 aromatic carbocycles. The fourth-order valence-electron chi connectivity index (χ4n) is 2.94. The number of alkyl halides is 1. The van der Waals surface area contributed by atoms with Gasteiger partial charge in [0.15, 0.2) is 17.5 Å². The first-order chi connectivity index (χ1) is 10.9. The number of para-hydroxylation sites is 1. The lowest BCUT2D eigenvalue weighted by molar-refractivity contribution is -0.317. The second-order valence-electron chi connectivity index (χ2n) is 5.39. The van der Waals surface area contributed by atoms with E-state index in [0.29, 0.717) is 10.9 Å². The molecule has 126 valence electrons. The number of hydrogen-bond acceptors (Lipinski definition) is 6. The Hall–Kier alpha value is -0.710. The highest BCUT2D eigenvalue weighted by atomic mass is 79.9. The molecule has 0 aliphatic carbocycles. The summed E-state index contributed by atoms with van der Waals surface area (Å²) < 4.78 is 10.0. The van der Waals surface area contributed by atoms with Gasteiger partial charge < -0.3 is 30.1 Å². The third-order valence-corrected chi connectivity index (χ3v) is 4.76. The molecule has 1 aliphatic heterocycles. The van der Waals surface area contributed by atoms with Crippen LogP contribution in [0.1, 0.15) is 5.56 Å². The van der Waals surface area contributed by atoms with Gasteiger partial charge in [0, 0.05) is 22.7 Å². The number of H-pyrrole nitrogens is 1. The molecule has 0 radical (unpaired) electrons. The molecule has 1 unspecified atom stereocenters. The topological polar surface area (TPSA) is 115 Å². The third-order valence-electron chi connectivity index (χ3n) is 4.14. The quantitative estimate of drug-likeness (QED) is 0.477. The van der Waals surface area contributed by atoms with Crippen LogP contribution in [0, 0.1) is 0 Å². The van der Waals surface area contributed by atoms with Crippen molar-refractivity contribution < 1.29 is 29.0 Å². The number of ether oxygens (including phenoxy) is 1. The molecule has 1 saturated heterocycles. The first-order valence-corrected chi connectivity index (χ1v) is 7.89. The second kappa shape index (κ2) is 6.30. The Bertz CT molecular complexity index is 697. The fraction of sp³-hybridized carbons (Fsp3) is 0.429. The largest absolute Gasteiger partial charge is 0.387 e. The maximum absolute atomic E-state index is 11.1. The van der Waals surface area contributed by atoms with Crippen LogP contribution in [0.5, 0.6) is 0 Å². The van der Waals surface area contributed by atoms with E-state index in [9.17, 15) is 20.4 Å². The lowest BCUT2D eigenvalue weighted by atomic mass is 9.78. The first-order valence-electron chi connectivity index (χ1n) is 6.81. The van der Waals surface area contributed by atoms with Crippen LogP contribution in [0.4, 0.5) is 0 Å². The summed E-state index contributed by atoms with van der Waals surface area (Å²) in [6, 6.07) is 7.07. The van der Waals surface area contributed by atoms with Crippen molar-refractivity contribution in [3.63, 3.8) is 0 Å². The van der Waals surface area contributed by atoms with E-state index in [1.54, 1.807) is 24.3 Å². The van der Waals surface area contributed by atoms with Gasteiger partial charge in [0.1, 0.15) is 34.6 Å². The van der Waals surface area contributed by atoms with Crippen LogP contribution < -0.4 is 0 Å². The molecule has 2 heterocycles. The smallest absolute Gasteiger partial charge is 0.200 e. The molecule has 1 fully saturated rings. The number of aliphatic hydroxyl groups excluding tert-OH is 3. The Kier molecular flexibility index (Phi) is 4.69. The van der Waals surface area contributed by atoms with Gasteiger partial charge in [0.05, 0.1) is 0 Å². The molecular formula is C14H15BrClNO6. The van der Waals surface area contributed by atoms with Gasteiger partial charge in [0.25, 0.3) is 0 Å². The van der Waals surface area contributed by atoms with Gasteiger partial charge in [-0.1, -0.05) is 29.8 Å². The number of rotatable bonds is 3. The highest BCUT2D eigenvalue weighted by Crippen LogP contribution is 2.42. The van der Waals surface area contributed by atoms with Crippen molar-refractivity contribution in [2.45, 2.75) is 35.8 Å². The zero-order valence-corrected chi connectivity index (χ0v) is 14.0. The molecule has 0 amide bonds. The summed E-state index contributed by atoms with van der Waals surface area (Å²) >= 11 is 8.33. The predicted molar refractivity (Wildman–Crippen MR) is 84.7 cm³/mol. The van der Waals surface area contributed by atoms with Crippen LogP contribution in [0.25, 0.3) is 10.9 Å². The highest BCUT2D eigenvalue weighted by Gasteiger charge is 2.58. The van der Waals surface area contributed by atoms with E-state index in [2.05, 4.69) is 21.2 Å². The second-order valence-corrected chi connectivity index (χ2v) is 6.21. The minimum Gasteiger partial charge on any atom is -0.387 e. The van der Waals surface area contributed by atoms with Crippen molar-refractivity contribution in [3.05, 3.63) is 36.0 Å². The van der Waals surface area contributed by atoms with E-state index in [1.165, 1.54) is 6.20 Å². The molecule has 7 nitrogen and oxygen atoms in total. The van der Waals surface area contributed by atoms with Crippen molar-refractivity contribution in [2.75, 3.05) is 0 Å². The van der Waals surface area contributed by atoms with Crippen LogP contribution in [0.15, 0.2) is 30.5 Å². The number of aliphatic hydroxyl groups is 4. The molecular weight excluding hydrogens is 394 g/mol. The third kappa shape index (κ3) is 2.59. The predicted octanol–water partition coefficient (Wildman–Crippen LogP) is 0.686. The fourth-order valence-corrected chi connectivity index (χ4v) is 3.43. The van der Waals surface area contributed by atoms with Gasteiger partial charge in [0.2, 0.25) is 0 Å². The molecule has 1 aliphatic rings. The van der Waals surface area contributed by atoms with E-state index in [-0.39, 0.29) is 5.56 Å². The standard InChI is InChI=1S/C14H15BrClNO6/c15-23-13-11(19)14(21,10(18)9(22-13)12(16)20)7-5-17-8-4-2-1-3-6(7)8/h1-5,9-13,17-21H/t9-,10+,11-,12?,13+,14-/m0/s1.